The zero-order valence-corrected chi connectivity index (χ0v) is 12.6. The molecule has 1 aromatic rings. The first-order valence-electron chi connectivity index (χ1n) is 5.30. The van der Waals surface area contributed by atoms with E-state index in [0.717, 1.165) is 12.8 Å². The highest BCUT2D eigenvalue weighted by atomic mass is 127. The smallest absolute Gasteiger partial charge is 0.336 e. The van der Waals surface area contributed by atoms with Crippen LogP contribution in [0.5, 0.6) is 0 Å². The normalized spacial score (nSPS) is 17.4. The fraction of sp³-hybridized carbons (Fsp3) is 0.364. The number of rotatable bonds is 4. The molecule has 0 heterocycles. The van der Waals surface area contributed by atoms with Gasteiger partial charge in [-0.2, -0.15) is 0 Å². The van der Waals surface area contributed by atoms with Crippen molar-refractivity contribution < 1.29 is 18.3 Å². The van der Waals surface area contributed by atoms with Crippen molar-refractivity contribution in [3.05, 3.63) is 27.3 Å². The molecule has 0 saturated heterocycles. The highest BCUT2D eigenvalue weighted by Gasteiger charge is 2.41. The number of benzene rings is 1. The second kappa shape index (κ2) is 4.46. The molecule has 2 N–H and O–H groups in total. The van der Waals surface area contributed by atoms with Crippen LogP contribution in [0.2, 0.25) is 0 Å². The van der Waals surface area contributed by atoms with E-state index in [1.165, 1.54) is 18.2 Å². The first kappa shape index (κ1) is 13.8. The van der Waals surface area contributed by atoms with Crippen LogP contribution in [0.15, 0.2) is 23.1 Å². The second-order valence-electron chi connectivity index (χ2n) is 4.61. The van der Waals surface area contributed by atoms with Crippen molar-refractivity contribution in [2.75, 3.05) is 0 Å². The molecule has 18 heavy (non-hydrogen) atoms. The number of aromatic carboxylic acids is 1. The van der Waals surface area contributed by atoms with Crippen molar-refractivity contribution >= 4 is 38.6 Å². The summed E-state index contributed by atoms with van der Waals surface area (Å²) in [4.78, 5) is 11.0. The maximum absolute atomic E-state index is 12.1. The first-order valence-corrected chi connectivity index (χ1v) is 7.87. The average Bonchev–Trinajstić information content (AvgIpc) is 2.94. The van der Waals surface area contributed by atoms with Gasteiger partial charge >= 0.3 is 5.97 Å². The van der Waals surface area contributed by atoms with Crippen LogP contribution in [0.1, 0.15) is 30.1 Å². The number of carboxylic acid groups (broad SMARTS) is 1. The molecule has 7 heteroatoms. The number of halogens is 1. The molecular formula is C11H12INO4S. The molecule has 0 spiro atoms. The van der Waals surface area contributed by atoms with Crippen molar-refractivity contribution in [2.45, 2.75) is 30.2 Å². The molecule has 1 fully saturated rings. The van der Waals surface area contributed by atoms with Crippen LogP contribution in [-0.2, 0) is 10.0 Å². The predicted octanol–water partition coefficient (Wildman–Crippen LogP) is 1.82. The van der Waals surface area contributed by atoms with E-state index in [2.05, 4.69) is 4.72 Å². The minimum atomic E-state index is -3.64. The van der Waals surface area contributed by atoms with Crippen LogP contribution < -0.4 is 4.72 Å². The van der Waals surface area contributed by atoms with Gasteiger partial charge in [-0.05, 0) is 60.6 Å². The van der Waals surface area contributed by atoms with E-state index in [1.807, 2.05) is 29.5 Å². The van der Waals surface area contributed by atoms with Gasteiger partial charge in [-0.25, -0.2) is 17.9 Å². The summed E-state index contributed by atoms with van der Waals surface area (Å²) in [6, 6.07) is 4.11. The Bertz CT molecular complexity index is 607. The molecule has 0 radical (unpaired) electrons. The maximum Gasteiger partial charge on any atom is 0.336 e. The lowest BCUT2D eigenvalue weighted by Crippen LogP contribution is -2.34. The molecule has 1 aliphatic carbocycles. The third-order valence-corrected chi connectivity index (χ3v) is 5.44. The number of carbonyl (C=O) groups is 1. The minimum Gasteiger partial charge on any atom is -0.478 e. The van der Waals surface area contributed by atoms with Crippen molar-refractivity contribution in [1.29, 1.82) is 0 Å². The Hall–Kier alpha value is -0.670. The SMILES string of the molecule is CC1(NS(=O)(=O)c2ccc(I)c(C(=O)O)c2)CC1. The van der Waals surface area contributed by atoms with E-state index < -0.39 is 16.0 Å². The van der Waals surface area contributed by atoms with Crippen LogP contribution in [0.4, 0.5) is 0 Å². The molecule has 2 rings (SSSR count). The molecule has 0 aliphatic heterocycles. The Morgan fingerprint density at radius 2 is 2.06 bits per heavy atom. The monoisotopic (exact) mass is 381 g/mol. The molecule has 0 amide bonds. The van der Waals surface area contributed by atoms with Gasteiger partial charge in [0.2, 0.25) is 10.0 Å². The summed E-state index contributed by atoms with van der Waals surface area (Å²) in [7, 11) is -3.64. The van der Waals surface area contributed by atoms with Crippen molar-refractivity contribution in [3.63, 3.8) is 0 Å². The third kappa shape index (κ3) is 2.83. The molecule has 0 aromatic heterocycles. The second-order valence-corrected chi connectivity index (χ2v) is 7.46. The molecule has 0 unspecified atom stereocenters. The van der Waals surface area contributed by atoms with Crippen LogP contribution in [0.3, 0.4) is 0 Å². The maximum atomic E-state index is 12.1. The topological polar surface area (TPSA) is 83.5 Å². The van der Waals surface area contributed by atoms with Gasteiger partial charge in [0.25, 0.3) is 0 Å². The van der Waals surface area contributed by atoms with E-state index in [0.29, 0.717) is 3.57 Å². The average molecular weight is 381 g/mol. The first-order chi connectivity index (χ1) is 8.23. The summed E-state index contributed by atoms with van der Waals surface area (Å²) in [5.41, 5.74) is -0.370. The Morgan fingerprint density at radius 3 is 2.56 bits per heavy atom. The van der Waals surface area contributed by atoms with Gasteiger partial charge in [-0.15, -0.1) is 0 Å². The third-order valence-electron chi connectivity index (χ3n) is 2.86. The number of hydrogen-bond donors (Lipinski definition) is 2. The van der Waals surface area contributed by atoms with Crippen molar-refractivity contribution in [1.82, 2.24) is 4.72 Å². The van der Waals surface area contributed by atoms with Gasteiger partial charge in [0.15, 0.2) is 0 Å². The lowest BCUT2D eigenvalue weighted by atomic mass is 10.2. The van der Waals surface area contributed by atoms with Gasteiger partial charge in [-0.3, -0.25) is 0 Å². The standard InChI is InChI=1S/C11H12INO4S/c1-11(4-5-11)13-18(16,17)7-2-3-9(12)8(6-7)10(14)15/h2-3,6,13H,4-5H2,1H3,(H,14,15). The van der Waals surface area contributed by atoms with Crippen LogP contribution in [-0.4, -0.2) is 25.0 Å². The van der Waals surface area contributed by atoms with E-state index >= 15 is 0 Å². The van der Waals surface area contributed by atoms with Gasteiger partial charge in [0.1, 0.15) is 0 Å². The van der Waals surface area contributed by atoms with Crippen LogP contribution in [0.25, 0.3) is 0 Å². The van der Waals surface area contributed by atoms with Crippen LogP contribution in [0, 0.1) is 3.57 Å². The predicted molar refractivity (Wildman–Crippen MR) is 74.1 cm³/mol. The van der Waals surface area contributed by atoms with E-state index in [4.69, 9.17) is 5.11 Å². The summed E-state index contributed by atoms with van der Waals surface area (Å²) in [5, 5.41) is 8.98. The Kier molecular flexibility index (Phi) is 3.41. The summed E-state index contributed by atoms with van der Waals surface area (Å²) < 4.78 is 27.2. The molecule has 5 nitrogen and oxygen atoms in total. The van der Waals surface area contributed by atoms with Crippen molar-refractivity contribution in [2.24, 2.45) is 0 Å². The van der Waals surface area contributed by atoms with Crippen LogP contribution >= 0.6 is 22.6 Å². The Morgan fingerprint density at radius 1 is 1.44 bits per heavy atom. The molecule has 0 atom stereocenters. The fourth-order valence-electron chi connectivity index (χ4n) is 1.51. The zero-order valence-electron chi connectivity index (χ0n) is 9.60. The Balaban J connectivity index is 2.39. The van der Waals surface area contributed by atoms with E-state index in [9.17, 15) is 13.2 Å². The summed E-state index contributed by atoms with van der Waals surface area (Å²) >= 11 is 1.86. The van der Waals surface area contributed by atoms with E-state index in [1.54, 1.807) is 0 Å². The van der Waals surface area contributed by atoms with Gasteiger partial charge in [0.05, 0.1) is 10.5 Å². The number of nitrogens with one attached hydrogen (secondary N) is 1. The molecule has 1 aromatic carbocycles. The van der Waals surface area contributed by atoms with Gasteiger partial charge in [0, 0.05) is 9.11 Å². The largest absolute Gasteiger partial charge is 0.478 e. The lowest BCUT2D eigenvalue weighted by Gasteiger charge is -2.12. The zero-order chi connectivity index (χ0) is 13.6. The highest BCUT2D eigenvalue weighted by Crippen LogP contribution is 2.36. The summed E-state index contributed by atoms with van der Waals surface area (Å²) in [6.45, 7) is 1.83. The van der Waals surface area contributed by atoms with Gasteiger partial charge < -0.3 is 5.11 Å². The Labute approximate surface area is 119 Å². The molecule has 1 aliphatic rings. The van der Waals surface area contributed by atoms with Crippen molar-refractivity contribution in [3.8, 4) is 0 Å². The molecule has 98 valence electrons. The number of sulfonamides is 1. The summed E-state index contributed by atoms with van der Waals surface area (Å²) in [6.07, 6.45) is 1.62. The molecule has 1 saturated carbocycles. The fourth-order valence-corrected chi connectivity index (χ4v) is 3.57. The molecule has 0 bridgehead atoms. The number of hydrogen-bond acceptors (Lipinski definition) is 3. The minimum absolute atomic E-state index is 0.000532. The van der Waals surface area contributed by atoms with Gasteiger partial charge in [-0.1, -0.05) is 0 Å². The quantitative estimate of drug-likeness (QED) is 0.780. The summed E-state index contributed by atoms with van der Waals surface area (Å²) in [5.74, 6) is -1.13. The lowest BCUT2D eigenvalue weighted by molar-refractivity contribution is 0.0695. The highest BCUT2D eigenvalue weighted by molar-refractivity contribution is 14.1. The van der Waals surface area contributed by atoms with E-state index in [-0.39, 0.29) is 16.0 Å². The number of carboxylic acids is 1. The molecular weight excluding hydrogens is 369 g/mol.